The molecule has 0 fully saturated rings. The van der Waals surface area contributed by atoms with Crippen molar-refractivity contribution < 1.29 is 9.47 Å². The molecular formula is C57H62O2. The fraction of sp³-hybridized carbons (Fsp3) is 0.263. The van der Waals surface area contributed by atoms with E-state index in [9.17, 15) is 0 Å². The number of fused-ring (bicyclic) bond motifs is 1. The van der Waals surface area contributed by atoms with Crippen molar-refractivity contribution in [2.24, 2.45) is 17.3 Å². The van der Waals surface area contributed by atoms with E-state index < -0.39 is 5.41 Å². The van der Waals surface area contributed by atoms with Gasteiger partial charge in [-0.2, -0.15) is 0 Å². The van der Waals surface area contributed by atoms with Gasteiger partial charge in [0.1, 0.15) is 23.0 Å². The first kappa shape index (κ1) is 42.7. The molecule has 0 aliphatic heterocycles. The topological polar surface area (TPSA) is 18.5 Å². The van der Waals surface area contributed by atoms with Crippen LogP contribution in [0.25, 0.3) is 10.8 Å². The molecule has 0 N–H and O–H groups in total. The highest BCUT2D eigenvalue weighted by molar-refractivity contribution is 5.91. The maximum Gasteiger partial charge on any atom is 0.135 e. The standard InChI is InChI=1S/C55H56O2.C2H6/c1-39(2)49-36-38-53(51-26-18-17-25-50(49)51)57-48-33-29-45(30-34-48)55(42-20-12-9-13-21-42,43-22-14-10-15-23-43)44-27-31-47(32-28-44)56-46-24-16-8-11-19-41(5)52(37-35-46)54(6,7)40(3)4;1-2/h8-23,25-41H,24H2,1-7H3;1-2H3/b16-8-,19-11-,46-35+,52-37+;. The minimum absolute atomic E-state index is 0.0475. The number of ether oxygens (including phenoxy) is 2. The summed E-state index contributed by atoms with van der Waals surface area (Å²) in [7, 11) is 0. The van der Waals surface area contributed by atoms with E-state index in [0.29, 0.717) is 24.2 Å². The van der Waals surface area contributed by atoms with E-state index in [4.69, 9.17) is 9.47 Å². The monoisotopic (exact) mass is 778 g/mol. The molecule has 1 aliphatic carbocycles. The van der Waals surface area contributed by atoms with E-state index >= 15 is 0 Å². The summed E-state index contributed by atoms with van der Waals surface area (Å²) in [5.41, 5.74) is 6.84. The fourth-order valence-electron chi connectivity index (χ4n) is 8.30. The predicted molar refractivity (Wildman–Crippen MR) is 252 cm³/mol. The second-order valence-corrected chi connectivity index (χ2v) is 16.5. The van der Waals surface area contributed by atoms with Gasteiger partial charge in [0.05, 0.1) is 5.41 Å². The summed E-state index contributed by atoms with van der Waals surface area (Å²) >= 11 is 0. The number of allylic oxidation sites excluding steroid dienone is 7. The summed E-state index contributed by atoms with van der Waals surface area (Å²) in [5, 5.41) is 2.36. The van der Waals surface area contributed by atoms with Crippen LogP contribution >= 0.6 is 0 Å². The molecule has 0 spiro atoms. The average molecular weight is 779 g/mol. The second kappa shape index (κ2) is 19.3. The zero-order valence-corrected chi connectivity index (χ0v) is 36.6. The Hall–Kier alpha value is -5.86. The van der Waals surface area contributed by atoms with E-state index in [1.165, 1.54) is 27.6 Å². The summed E-state index contributed by atoms with van der Waals surface area (Å²) in [5.74, 6) is 4.63. The van der Waals surface area contributed by atoms with Gasteiger partial charge >= 0.3 is 0 Å². The minimum atomic E-state index is -0.605. The third-order valence-electron chi connectivity index (χ3n) is 12.1. The molecule has 0 heterocycles. The van der Waals surface area contributed by atoms with Crippen molar-refractivity contribution in [1.29, 1.82) is 0 Å². The Balaban J connectivity index is 0.00000288. The van der Waals surface area contributed by atoms with Crippen LogP contribution in [-0.4, -0.2) is 0 Å². The zero-order valence-electron chi connectivity index (χ0n) is 36.6. The summed E-state index contributed by atoms with van der Waals surface area (Å²) < 4.78 is 13.3. The Bertz CT molecular complexity index is 2350. The molecule has 2 heteroatoms. The molecule has 0 radical (unpaired) electrons. The van der Waals surface area contributed by atoms with E-state index in [0.717, 1.165) is 39.5 Å². The van der Waals surface area contributed by atoms with Gasteiger partial charge < -0.3 is 9.47 Å². The lowest BCUT2D eigenvalue weighted by molar-refractivity contribution is 0.291. The Morgan fingerprint density at radius 3 is 1.59 bits per heavy atom. The van der Waals surface area contributed by atoms with E-state index in [-0.39, 0.29) is 5.41 Å². The van der Waals surface area contributed by atoms with Crippen LogP contribution in [0.1, 0.15) is 102 Å². The molecule has 2 nitrogen and oxygen atoms in total. The van der Waals surface area contributed by atoms with Gasteiger partial charge in [0, 0.05) is 11.8 Å². The second-order valence-electron chi connectivity index (χ2n) is 16.5. The number of hydrogen-bond donors (Lipinski definition) is 0. The molecule has 59 heavy (non-hydrogen) atoms. The molecule has 6 aromatic rings. The molecule has 1 aliphatic rings. The van der Waals surface area contributed by atoms with Gasteiger partial charge in [0.15, 0.2) is 0 Å². The van der Waals surface area contributed by atoms with Gasteiger partial charge in [-0.3, -0.25) is 0 Å². The molecular weight excluding hydrogens is 717 g/mol. The quantitative estimate of drug-likeness (QED) is 0.122. The molecule has 1 atom stereocenters. The Morgan fingerprint density at radius 2 is 1.05 bits per heavy atom. The lowest BCUT2D eigenvalue weighted by atomic mass is 9.65. The Labute approximate surface area is 354 Å². The first-order valence-corrected chi connectivity index (χ1v) is 21.5. The van der Waals surface area contributed by atoms with Gasteiger partial charge in [-0.1, -0.05) is 214 Å². The van der Waals surface area contributed by atoms with Crippen LogP contribution < -0.4 is 9.47 Å². The van der Waals surface area contributed by atoms with E-state index in [2.05, 4.69) is 231 Å². The van der Waals surface area contributed by atoms with Crippen molar-refractivity contribution in [3.63, 3.8) is 0 Å². The third kappa shape index (κ3) is 9.23. The van der Waals surface area contributed by atoms with E-state index in [1.54, 1.807) is 0 Å². The summed E-state index contributed by atoms with van der Waals surface area (Å²) in [6, 6.07) is 51.8. The van der Waals surface area contributed by atoms with Gasteiger partial charge in [-0.15, -0.1) is 0 Å². The maximum atomic E-state index is 6.68. The summed E-state index contributed by atoms with van der Waals surface area (Å²) in [6.45, 7) is 20.1. The van der Waals surface area contributed by atoms with Crippen LogP contribution in [0, 0.1) is 17.3 Å². The molecule has 6 aromatic carbocycles. The highest BCUT2D eigenvalue weighted by Crippen LogP contribution is 2.46. The number of rotatable bonds is 11. The molecule has 1 unspecified atom stereocenters. The highest BCUT2D eigenvalue weighted by Gasteiger charge is 2.38. The third-order valence-corrected chi connectivity index (χ3v) is 12.1. The van der Waals surface area contributed by atoms with Crippen molar-refractivity contribution in [3.05, 3.63) is 221 Å². The number of benzene rings is 6. The molecule has 0 saturated heterocycles. The smallest absolute Gasteiger partial charge is 0.135 e. The molecule has 0 bridgehead atoms. The molecule has 0 amide bonds. The largest absolute Gasteiger partial charge is 0.461 e. The van der Waals surface area contributed by atoms with Crippen LogP contribution in [0.15, 0.2) is 193 Å². The lowest BCUT2D eigenvalue weighted by Crippen LogP contribution is -2.30. The van der Waals surface area contributed by atoms with Crippen molar-refractivity contribution in [1.82, 2.24) is 0 Å². The van der Waals surface area contributed by atoms with Crippen LogP contribution in [0.4, 0.5) is 0 Å². The Kier molecular flexibility index (Phi) is 14.0. The van der Waals surface area contributed by atoms with Crippen molar-refractivity contribution >= 4 is 10.8 Å². The van der Waals surface area contributed by atoms with E-state index in [1.807, 2.05) is 13.8 Å². The minimum Gasteiger partial charge on any atom is -0.461 e. The van der Waals surface area contributed by atoms with Gasteiger partial charge in [-0.05, 0) is 92.8 Å². The first-order valence-electron chi connectivity index (χ1n) is 21.5. The van der Waals surface area contributed by atoms with Crippen LogP contribution in [0.3, 0.4) is 0 Å². The van der Waals surface area contributed by atoms with Gasteiger partial charge in [0.2, 0.25) is 0 Å². The molecule has 0 aromatic heterocycles. The lowest BCUT2D eigenvalue weighted by Gasteiger charge is -2.37. The average Bonchev–Trinajstić information content (AvgIpc) is 3.26. The van der Waals surface area contributed by atoms with Crippen LogP contribution in [0.5, 0.6) is 17.2 Å². The molecule has 7 rings (SSSR count). The van der Waals surface area contributed by atoms with Gasteiger partial charge in [-0.25, -0.2) is 0 Å². The maximum absolute atomic E-state index is 6.68. The zero-order chi connectivity index (χ0) is 42.0. The summed E-state index contributed by atoms with van der Waals surface area (Å²) in [4.78, 5) is 0. The molecule has 0 saturated carbocycles. The number of hydrogen-bond acceptors (Lipinski definition) is 2. The van der Waals surface area contributed by atoms with Crippen LogP contribution in [0.2, 0.25) is 0 Å². The Morgan fingerprint density at radius 1 is 0.542 bits per heavy atom. The normalized spacial score (nSPS) is 17.5. The fourth-order valence-corrected chi connectivity index (χ4v) is 8.30. The summed E-state index contributed by atoms with van der Waals surface area (Å²) in [6.07, 6.45) is 13.9. The van der Waals surface area contributed by atoms with Crippen molar-refractivity contribution in [2.45, 2.75) is 80.1 Å². The van der Waals surface area contributed by atoms with Gasteiger partial charge in [0.25, 0.3) is 0 Å². The van der Waals surface area contributed by atoms with Crippen molar-refractivity contribution in [3.8, 4) is 17.2 Å². The SMILES string of the molecule is CC.CC1/C=C\C=C/C/C(Oc2ccc(C(c3ccccc3)(c3ccccc3)c3ccc(Oc4ccc(C(C)C)c5ccccc45)cc3)cc2)=C\C=C/1C(C)(C)C(C)C. The highest BCUT2D eigenvalue weighted by atomic mass is 16.5. The first-order chi connectivity index (χ1) is 28.6. The van der Waals surface area contributed by atoms with Crippen molar-refractivity contribution in [2.75, 3.05) is 0 Å². The van der Waals surface area contributed by atoms with Crippen LogP contribution in [-0.2, 0) is 5.41 Å². The molecule has 302 valence electrons. The predicted octanol–water partition coefficient (Wildman–Crippen LogP) is 16.2.